The maximum Gasteiger partial charge on any atom is 0.224 e. The van der Waals surface area contributed by atoms with E-state index in [4.69, 9.17) is 10.5 Å². The number of methoxy groups -OCH3 is 1. The molecule has 5 nitrogen and oxygen atoms in total. The molecule has 0 aromatic rings. The number of ether oxygens (including phenoxy) is 1. The molecule has 16 heavy (non-hydrogen) atoms. The number of nitrogens with two attached hydrogens (primary N) is 1. The Balaban J connectivity index is 2.31. The van der Waals surface area contributed by atoms with Crippen molar-refractivity contribution in [1.29, 1.82) is 0 Å². The fourth-order valence-corrected chi connectivity index (χ4v) is 1.97. The number of hydrogen-bond acceptors (Lipinski definition) is 4. The van der Waals surface area contributed by atoms with Crippen molar-refractivity contribution in [1.82, 2.24) is 9.80 Å². The number of amides is 1. The zero-order valence-corrected chi connectivity index (χ0v) is 10.2. The summed E-state index contributed by atoms with van der Waals surface area (Å²) >= 11 is 0. The van der Waals surface area contributed by atoms with E-state index in [0.717, 1.165) is 39.1 Å². The third kappa shape index (κ3) is 4.47. The van der Waals surface area contributed by atoms with Gasteiger partial charge in [0, 0.05) is 39.8 Å². The molecule has 2 N–H and O–H groups in total. The van der Waals surface area contributed by atoms with Gasteiger partial charge in [-0.2, -0.15) is 0 Å². The molecule has 1 amide bonds. The molecule has 1 fully saturated rings. The third-order valence-corrected chi connectivity index (χ3v) is 2.91. The number of carbonyl (C=O) groups excluding carboxylic acids is 1. The molecular formula is C11H23N3O2. The van der Waals surface area contributed by atoms with Gasteiger partial charge in [-0.25, -0.2) is 0 Å². The van der Waals surface area contributed by atoms with Gasteiger partial charge in [-0.1, -0.05) is 0 Å². The molecule has 0 atom stereocenters. The van der Waals surface area contributed by atoms with E-state index in [-0.39, 0.29) is 5.91 Å². The van der Waals surface area contributed by atoms with E-state index in [0.29, 0.717) is 19.6 Å². The second-order valence-electron chi connectivity index (χ2n) is 4.11. The van der Waals surface area contributed by atoms with Crippen LogP contribution < -0.4 is 5.73 Å². The molecular weight excluding hydrogens is 206 g/mol. The molecule has 0 unspecified atom stereocenters. The summed E-state index contributed by atoms with van der Waals surface area (Å²) in [7, 11) is 1.62. The summed E-state index contributed by atoms with van der Waals surface area (Å²) < 4.78 is 4.92. The smallest absolute Gasteiger partial charge is 0.224 e. The van der Waals surface area contributed by atoms with Crippen LogP contribution in [0.4, 0.5) is 0 Å². The van der Waals surface area contributed by atoms with Crippen LogP contribution >= 0.6 is 0 Å². The molecule has 1 aliphatic heterocycles. The van der Waals surface area contributed by atoms with Crippen molar-refractivity contribution >= 4 is 5.91 Å². The molecule has 0 saturated carbocycles. The molecule has 0 aromatic heterocycles. The topological polar surface area (TPSA) is 58.8 Å². The quantitative estimate of drug-likeness (QED) is 0.691. The monoisotopic (exact) mass is 229 g/mol. The van der Waals surface area contributed by atoms with Crippen LogP contribution in [0.1, 0.15) is 12.8 Å². The zero-order valence-electron chi connectivity index (χ0n) is 10.2. The van der Waals surface area contributed by atoms with Crippen LogP contribution in [0, 0.1) is 0 Å². The average Bonchev–Trinajstić information content (AvgIpc) is 2.52. The average molecular weight is 229 g/mol. The highest BCUT2D eigenvalue weighted by molar-refractivity contribution is 5.76. The number of carbonyl (C=O) groups is 1. The van der Waals surface area contributed by atoms with Gasteiger partial charge in [-0.15, -0.1) is 0 Å². The van der Waals surface area contributed by atoms with Crippen LogP contribution in [0.5, 0.6) is 0 Å². The Morgan fingerprint density at radius 3 is 2.81 bits per heavy atom. The molecule has 0 aliphatic carbocycles. The van der Waals surface area contributed by atoms with Crippen LogP contribution in [0.25, 0.3) is 0 Å². The summed E-state index contributed by atoms with van der Waals surface area (Å²) in [5.41, 5.74) is 5.53. The maximum atomic E-state index is 11.8. The minimum Gasteiger partial charge on any atom is -0.384 e. The van der Waals surface area contributed by atoms with Gasteiger partial charge >= 0.3 is 0 Å². The molecule has 0 bridgehead atoms. The van der Waals surface area contributed by atoms with Gasteiger partial charge in [0.1, 0.15) is 0 Å². The maximum absolute atomic E-state index is 11.8. The molecule has 0 aromatic carbocycles. The van der Waals surface area contributed by atoms with E-state index < -0.39 is 0 Å². The molecule has 1 aliphatic rings. The summed E-state index contributed by atoms with van der Waals surface area (Å²) in [4.78, 5) is 16.0. The van der Waals surface area contributed by atoms with Gasteiger partial charge in [0.15, 0.2) is 0 Å². The minimum atomic E-state index is 0.205. The van der Waals surface area contributed by atoms with E-state index in [1.54, 1.807) is 7.11 Å². The molecule has 1 rings (SSSR count). The first kappa shape index (κ1) is 13.4. The van der Waals surface area contributed by atoms with E-state index >= 15 is 0 Å². The Morgan fingerprint density at radius 2 is 2.12 bits per heavy atom. The standard InChI is InChI=1S/C11H23N3O2/c1-16-10-3-11(15)14-6-2-5-13(7-4-12)8-9-14/h2-10,12H2,1H3. The van der Waals surface area contributed by atoms with Gasteiger partial charge < -0.3 is 20.3 Å². The highest BCUT2D eigenvalue weighted by Crippen LogP contribution is 2.04. The van der Waals surface area contributed by atoms with Crippen molar-refractivity contribution in [3.8, 4) is 0 Å². The van der Waals surface area contributed by atoms with Crippen molar-refractivity contribution < 1.29 is 9.53 Å². The van der Waals surface area contributed by atoms with Gasteiger partial charge in [0.2, 0.25) is 5.91 Å². The zero-order chi connectivity index (χ0) is 11.8. The lowest BCUT2D eigenvalue weighted by atomic mass is 10.3. The summed E-state index contributed by atoms with van der Waals surface area (Å²) in [6.07, 6.45) is 1.53. The second kappa shape index (κ2) is 7.60. The summed E-state index contributed by atoms with van der Waals surface area (Å²) in [6, 6.07) is 0. The first-order valence-corrected chi connectivity index (χ1v) is 5.97. The predicted molar refractivity (Wildman–Crippen MR) is 63.2 cm³/mol. The van der Waals surface area contributed by atoms with Gasteiger partial charge in [-0.05, 0) is 13.0 Å². The van der Waals surface area contributed by atoms with Crippen molar-refractivity contribution in [3.05, 3.63) is 0 Å². The fourth-order valence-electron chi connectivity index (χ4n) is 1.97. The predicted octanol–water partition coefficient (Wildman–Crippen LogP) is -0.484. The van der Waals surface area contributed by atoms with E-state index in [9.17, 15) is 4.79 Å². The Morgan fingerprint density at radius 1 is 1.31 bits per heavy atom. The lowest BCUT2D eigenvalue weighted by Crippen LogP contribution is -2.36. The van der Waals surface area contributed by atoms with E-state index in [1.165, 1.54) is 0 Å². The lowest BCUT2D eigenvalue weighted by molar-refractivity contribution is -0.132. The molecule has 5 heteroatoms. The largest absolute Gasteiger partial charge is 0.384 e. The van der Waals surface area contributed by atoms with Gasteiger partial charge in [0.05, 0.1) is 13.0 Å². The summed E-state index contributed by atoms with van der Waals surface area (Å²) in [6.45, 7) is 5.81. The second-order valence-corrected chi connectivity index (χ2v) is 4.11. The van der Waals surface area contributed by atoms with Crippen molar-refractivity contribution in [2.24, 2.45) is 5.73 Å². The number of nitrogens with zero attached hydrogens (tertiary/aromatic N) is 2. The Labute approximate surface area is 97.5 Å². The molecule has 1 heterocycles. The highest BCUT2D eigenvalue weighted by atomic mass is 16.5. The van der Waals surface area contributed by atoms with E-state index in [2.05, 4.69) is 4.90 Å². The van der Waals surface area contributed by atoms with Gasteiger partial charge in [-0.3, -0.25) is 4.79 Å². The molecule has 1 saturated heterocycles. The summed E-state index contributed by atoms with van der Waals surface area (Å²) in [5.74, 6) is 0.205. The van der Waals surface area contributed by atoms with Gasteiger partial charge in [0.25, 0.3) is 0 Å². The number of hydrogen-bond donors (Lipinski definition) is 1. The SMILES string of the molecule is COCCC(=O)N1CCCN(CCN)CC1. The fraction of sp³-hybridized carbons (Fsp3) is 0.909. The van der Waals surface area contributed by atoms with Crippen LogP contribution in [0.2, 0.25) is 0 Å². The van der Waals surface area contributed by atoms with Crippen LogP contribution in [-0.2, 0) is 9.53 Å². The minimum absolute atomic E-state index is 0.205. The highest BCUT2D eigenvalue weighted by Gasteiger charge is 2.17. The Hall–Kier alpha value is -0.650. The van der Waals surface area contributed by atoms with Crippen LogP contribution in [0.15, 0.2) is 0 Å². The normalized spacial score (nSPS) is 18.5. The summed E-state index contributed by atoms with van der Waals surface area (Å²) in [5, 5.41) is 0. The Kier molecular flexibility index (Phi) is 6.37. The molecule has 94 valence electrons. The van der Waals surface area contributed by atoms with Crippen molar-refractivity contribution in [3.63, 3.8) is 0 Å². The lowest BCUT2D eigenvalue weighted by Gasteiger charge is -2.21. The Bertz CT molecular complexity index is 211. The first-order valence-electron chi connectivity index (χ1n) is 5.97. The van der Waals surface area contributed by atoms with Crippen molar-refractivity contribution in [2.45, 2.75) is 12.8 Å². The number of rotatable bonds is 5. The van der Waals surface area contributed by atoms with Crippen molar-refractivity contribution in [2.75, 3.05) is 53.0 Å². The molecule has 0 radical (unpaired) electrons. The van der Waals surface area contributed by atoms with Crippen LogP contribution in [0.3, 0.4) is 0 Å². The third-order valence-electron chi connectivity index (χ3n) is 2.91. The molecule has 0 spiro atoms. The van der Waals surface area contributed by atoms with E-state index in [1.807, 2.05) is 4.90 Å². The van der Waals surface area contributed by atoms with Crippen LogP contribution in [-0.4, -0.2) is 68.7 Å². The first-order chi connectivity index (χ1) is 7.77.